The van der Waals surface area contributed by atoms with Gasteiger partial charge in [0.1, 0.15) is 6.04 Å². The molecule has 0 aliphatic heterocycles. The Hall–Kier alpha value is -1.79. The molecule has 1 unspecified atom stereocenters. The minimum Gasteiger partial charge on any atom is -0.481 e. The van der Waals surface area contributed by atoms with Crippen molar-refractivity contribution in [3.8, 4) is 0 Å². The molecule has 0 aromatic heterocycles. The van der Waals surface area contributed by atoms with Crippen molar-refractivity contribution in [3.63, 3.8) is 0 Å². The number of amides is 2. The van der Waals surface area contributed by atoms with Crippen LogP contribution in [0.3, 0.4) is 0 Å². The SMILES string of the molecule is CCC(CC)CN(CC)C(=O)NC(CC(=O)O)C(=O)O. The molecule has 116 valence electrons. The van der Waals surface area contributed by atoms with Gasteiger partial charge in [0.2, 0.25) is 0 Å². The van der Waals surface area contributed by atoms with Gasteiger partial charge in [0, 0.05) is 13.1 Å². The van der Waals surface area contributed by atoms with Gasteiger partial charge in [-0.1, -0.05) is 26.7 Å². The highest BCUT2D eigenvalue weighted by molar-refractivity contribution is 5.86. The Balaban J connectivity index is 4.65. The summed E-state index contributed by atoms with van der Waals surface area (Å²) in [6, 6.07) is -1.94. The first-order valence-electron chi connectivity index (χ1n) is 6.85. The summed E-state index contributed by atoms with van der Waals surface area (Å²) in [5, 5.41) is 19.8. The minimum absolute atomic E-state index is 0.350. The number of urea groups is 1. The fraction of sp³-hybridized carbons (Fsp3) is 0.769. The highest BCUT2D eigenvalue weighted by Gasteiger charge is 2.25. The molecule has 0 spiro atoms. The van der Waals surface area contributed by atoms with Crippen molar-refractivity contribution >= 4 is 18.0 Å². The third-order valence-corrected chi connectivity index (χ3v) is 3.28. The van der Waals surface area contributed by atoms with Gasteiger partial charge in [-0.05, 0) is 12.8 Å². The maximum absolute atomic E-state index is 12.0. The largest absolute Gasteiger partial charge is 0.481 e. The summed E-state index contributed by atoms with van der Waals surface area (Å²) >= 11 is 0. The lowest BCUT2D eigenvalue weighted by Crippen LogP contribution is -2.49. The van der Waals surface area contributed by atoms with Crippen molar-refractivity contribution in [2.45, 2.75) is 46.1 Å². The molecule has 1 atom stereocenters. The van der Waals surface area contributed by atoms with Crippen LogP contribution in [0.15, 0.2) is 0 Å². The fourth-order valence-electron chi connectivity index (χ4n) is 1.83. The Labute approximate surface area is 119 Å². The van der Waals surface area contributed by atoms with Gasteiger partial charge in [-0.2, -0.15) is 0 Å². The molecule has 0 aromatic rings. The van der Waals surface area contributed by atoms with Crippen LogP contribution in [0.4, 0.5) is 4.79 Å². The molecule has 7 heteroatoms. The topological polar surface area (TPSA) is 107 Å². The van der Waals surface area contributed by atoms with Crippen LogP contribution in [0, 0.1) is 5.92 Å². The number of nitrogens with zero attached hydrogens (tertiary/aromatic N) is 1. The number of carboxylic acids is 2. The van der Waals surface area contributed by atoms with Gasteiger partial charge >= 0.3 is 18.0 Å². The second-order valence-corrected chi connectivity index (χ2v) is 4.66. The molecule has 0 fully saturated rings. The zero-order chi connectivity index (χ0) is 15.7. The maximum Gasteiger partial charge on any atom is 0.326 e. The number of rotatable bonds is 9. The molecule has 0 aliphatic rings. The number of carbonyl (C=O) groups is 3. The molecule has 20 heavy (non-hydrogen) atoms. The standard InChI is InChI=1S/C13H24N2O5/c1-4-9(5-2)8-15(6-3)13(20)14-10(12(18)19)7-11(16)17/h9-10H,4-8H2,1-3H3,(H,14,20)(H,16,17)(H,18,19). The molecule has 0 aliphatic carbocycles. The van der Waals surface area contributed by atoms with Gasteiger partial charge in [-0.3, -0.25) is 4.79 Å². The smallest absolute Gasteiger partial charge is 0.326 e. The van der Waals surface area contributed by atoms with Crippen LogP contribution in [0.25, 0.3) is 0 Å². The molecule has 0 saturated carbocycles. The Morgan fingerprint density at radius 3 is 2.00 bits per heavy atom. The van der Waals surface area contributed by atoms with E-state index >= 15 is 0 Å². The van der Waals surface area contributed by atoms with E-state index in [9.17, 15) is 14.4 Å². The number of nitrogens with one attached hydrogen (secondary N) is 1. The number of carboxylic acid groups (broad SMARTS) is 2. The molecule has 0 aromatic carbocycles. The molecule has 0 rings (SSSR count). The minimum atomic E-state index is -1.41. The number of carbonyl (C=O) groups excluding carboxylic acids is 1. The third-order valence-electron chi connectivity index (χ3n) is 3.28. The second kappa shape index (κ2) is 9.17. The molecule has 0 bridgehead atoms. The van der Waals surface area contributed by atoms with E-state index in [4.69, 9.17) is 10.2 Å². The Kier molecular flexibility index (Phi) is 8.35. The van der Waals surface area contributed by atoms with Gasteiger partial charge in [0.15, 0.2) is 0 Å². The number of hydrogen-bond acceptors (Lipinski definition) is 3. The summed E-state index contributed by atoms with van der Waals surface area (Å²) in [5.74, 6) is -2.26. The van der Waals surface area contributed by atoms with Gasteiger partial charge < -0.3 is 20.4 Å². The predicted molar refractivity (Wildman–Crippen MR) is 73.5 cm³/mol. The van der Waals surface area contributed by atoms with E-state index in [1.165, 1.54) is 4.90 Å². The van der Waals surface area contributed by atoms with Crippen molar-refractivity contribution in [3.05, 3.63) is 0 Å². The average molecular weight is 288 g/mol. The van der Waals surface area contributed by atoms with Gasteiger partial charge in [0.05, 0.1) is 6.42 Å². The number of hydrogen-bond donors (Lipinski definition) is 3. The molecule has 0 saturated heterocycles. The summed E-state index contributed by atoms with van der Waals surface area (Å²) in [6.07, 6.45) is 1.22. The van der Waals surface area contributed by atoms with Crippen molar-refractivity contribution in [2.24, 2.45) is 5.92 Å². The van der Waals surface area contributed by atoms with E-state index in [1.807, 2.05) is 13.8 Å². The van der Waals surface area contributed by atoms with Gasteiger partial charge in [0.25, 0.3) is 0 Å². The van der Waals surface area contributed by atoms with Crippen LogP contribution in [-0.4, -0.2) is 52.2 Å². The Morgan fingerprint density at radius 1 is 1.10 bits per heavy atom. The molecule has 2 amide bonds. The van der Waals surface area contributed by atoms with Crippen LogP contribution in [0.1, 0.15) is 40.0 Å². The summed E-state index contributed by atoms with van der Waals surface area (Å²) in [7, 11) is 0. The zero-order valence-electron chi connectivity index (χ0n) is 12.3. The maximum atomic E-state index is 12.0. The molecular formula is C13H24N2O5. The third kappa shape index (κ3) is 6.40. The summed E-state index contributed by atoms with van der Waals surface area (Å²) in [6.45, 7) is 6.85. The molecule has 3 N–H and O–H groups in total. The fourth-order valence-corrected chi connectivity index (χ4v) is 1.83. The van der Waals surface area contributed by atoms with Crippen LogP contribution in [0.2, 0.25) is 0 Å². The summed E-state index contributed by atoms with van der Waals surface area (Å²) in [5.41, 5.74) is 0. The highest BCUT2D eigenvalue weighted by atomic mass is 16.4. The van der Waals surface area contributed by atoms with Crippen LogP contribution in [0.5, 0.6) is 0 Å². The first kappa shape index (κ1) is 18.2. The predicted octanol–water partition coefficient (Wildman–Crippen LogP) is 1.38. The lowest BCUT2D eigenvalue weighted by Gasteiger charge is -2.27. The van der Waals surface area contributed by atoms with Crippen molar-refractivity contribution in [2.75, 3.05) is 13.1 Å². The van der Waals surface area contributed by atoms with Gasteiger partial charge in [-0.25, -0.2) is 9.59 Å². The molecule has 0 heterocycles. The monoisotopic (exact) mass is 288 g/mol. The van der Waals surface area contributed by atoms with Crippen molar-refractivity contribution < 1.29 is 24.6 Å². The summed E-state index contributed by atoms with van der Waals surface area (Å²) in [4.78, 5) is 35.0. The molecule has 7 nitrogen and oxygen atoms in total. The van der Waals surface area contributed by atoms with Crippen LogP contribution < -0.4 is 5.32 Å². The van der Waals surface area contributed by atoms with Crippen molar-refractivity contribution in [1.82, 2.24) is 10.2 Å². The van der Waals surface area contributed by atoms with E-state index < -0.39 is 30.4 Å². The van der Waals surface area contributed by atoms with Crippen LogP contribution in [-0.2, 0) is 9.59 Å². The quantitative estimate of drug-likeness (QED) is 0.594. The second-order valence-electron chi connectivity index (χ2n) is 4.66. The molecular weight excluding hydrogens is 264 g/mol. The summed E-state index contributed by atoms with van der Waals surface area (Å²) < 4.78 is 0. The normalized spacial score (nSPS) is 12.0. The Morgan fingerprint density at radius 2 is 1.65 bits per heavy atom. The number of aliphatic carboxylic acids is 2. The zero-order valence-corrected chi connectivity index (χ0v) is 12.3. The van der Waals surface area contributed by atoms with Crippen LogP contribution >= 0.6 is 0 Å². The first-order chi connectivity index (χ1) is 9.35. The van der Waals surface area contributed by atoms with E-state index in [0.29, 0.717) is 19.0 Å². The van der Waals surface area contributed by atoms with E-state index in [2.05, 4.69) is 5.32 Å². The van der Waals surface area contributed by atoms with E-state index in [-0.39, 0.29) is 0 Å². The average Bonchev–Trinajstić information content (AvgIpc) is 2.38. The molecule has 0 radical (unpaired) electrons. The van der Waals surface area contributed by atoms with Gasteiger partial charge in [-0.15, -0.1) is 0 Å². The van der Waals surface area contributed by atoms with E-state index in [0.717, 1.165) is 12.8 Å². The first-order valence-corrected chi connectivity index (χ1v) is 6.85. The highest BCUT2D eigenvalue weighted by Crippen LogP contribution is 2.10. The lowest BCUT2D eigenvalue weighted by atomic mass is 10.0. The Bertz CT molecular complexity index is 342. The lowest BCUT2D eigenvalue weighted by molar-refractivity contribution is -0.145. The van der Waals surface area contributed by atoms with E-state index in [1.54, 1.807) is 6.92 Å². The van der Waals surface area contributed by atoms with Crippen molar-refractivity contribution in [1.29, 1.82) is 0 Å².